The Kier molecular flexibility index (Phi) is 4.99. The molecule has 0 saturated heterocycles. The Labute approximate surface area is 133 Å². The minimum atomic E-state index is -3.68. The minimum Gasteiger partial charge on any atom is -0.360 e. The molecule has 0 unspecified atom stereocenters. The lowest BCUT2D eigenvalue weighted by Crippen LogP contribution is -2.36. The number of rotatable bonds is 6. The molecule has 1 amide bonds. The quantitative estimate of drug-likeness (QED) is 0.856. The zero-order valence-corrected chi connectivity index (χ0v) is 14.1. The molecule has 2 heterocycles. The van der Waals surface area contributed by atoms with Crippen LogP contribution in [0.3, 0.4) is 0 Å². The number of nitrogens with one attached hydrogen (secondary N) is 1. The molecule has 0 spiro atoms. The fraction of sp³-hybridized carbons (Fsp3) is 0.385. The van der Waals surface area contributed by atoms with Crippen LogP contribution in [0.25, 0.3) is 0 Å². The van der Waals surface area contributed by atoms with Gasteiger partial charge in [0.2, 0.25) is 10.0 Å². The van der Waals surface area contributed by atoms with Crippen molar-refractivity contribution in [2.24, 2.45) is 0 Å². The smallest absolute Gasteiger partial charge is 0.261 e. The fourth-order valence-corrected chi connectivity index (χ4v) is 4.04. The van der Waals surface area contributed by atoms with Crippen LogP contribution in [0.15, 0.2) is 26.9 Å². The van der Waals surface area contributed by atoms with Crippen LogP contribution in [0.5, 0.6) is 0 Å². The van der Waals surface area contributed by atoms with Crippen molar-refractivity contribution >= 4 is 27.3 Å². The van der Waals surface area contributed by atoms with Gasteiger partial charge in [0.15, 0.2) is 5.76 Å². The molecule has 9 heteroatoms. The number of nitrogens with zero attached hydrogens (tertiary/aromatic N) is 2. The second-order valence-electron chi connectivity index (χ2n) is 4.71. The summed E-state index contributed by atoms with van der Waals surface area (Å²) in [6.45, 7) is 3.51. The normalized spacial score (nSPS) is 11.8. The van der Waals surface area contributed by atoms with E-state index in [0.717, 1.165) is 0 Å². The lowest BCUT2D eigenvalue weighted by atomic mass is 10.4. The van der Waals surface area contributed by atoms with Crippen LogP contribution in [0.1, 0.15) is 21.1 Å². The third-order valence-electron chi connectivity index (χ3n) is 3.09. The van der Waals surface area contributed by atoms with Crippen molar-refractivity contribution in [2.45, 2.75) is 18.7 Å². The molecule has 2 aromatic heterocycles. The molecule has 0 aromatic carbocycles. The van der Waals surface area contributed by atoms with E-state index in [1.165, 1.54) is 22.7 Å². The molecule has 22 heavy (non-hydrogen) atoms. The molecular formula is C13H17N3O4S2. The van der Waals surface area contributed by atoms with Gasteiger partial charge in [-0.3, -0.25) is 4.79 Å². The van der Waals surface area contributed by atoms with Crippen molar-refractivity contribution in [1.82, 2.24) is 14.8 Å². The van der Waals surface area contributed by atoms with Crippen LogP contribution in [0.2, 0.25) is 0 Å². The van der Waals surface area contributed by atoms with Gasteiger partial charge in [0.1, 0.15) is 10.6 Å². The molecular weight excluding hydrogens is 326 g/mol. The summed E-state index contributed by atoms with van der Waals surface area (Å²) < 4.78 is 31.0. The van der Waals surface area contributed by atoms with E-state index in [9.17, 15) is 13.2 Å². The summed E-state index contributed by atoms with van der Waals surface area (Å²) in [6.07, 6.45) is 0. The predicted molar refractivity (Wildman–Crippen MR) is 82.4 cm³/mol. The first-order chi connectivity index (χ1) is 10.3. The second-order valence-corrected chi connectivity index (χ2v) is 7.64. The SMILES string of the molecule is Cc1noc(C)c1S(=O)(=O)N(C)CCNC(=O)c1cccs1. The van der Waals surface area contributed by atoms with Crippen LogP contribution in [0.4, 0.5) is 0 Å². The van der Waals surface area contributed by atoms with E-state index in [4.69, 9.17) is 4.52 Å². The van der Waals surface area contributed by atoms with E-state index in [1.807, 2.05) is 5.38 Å². The molecule has 0 bridgehead atoms. The third-order valence-corrected chi connectivity index (χ3v) is 6.06. The number of hydrogen-bond donors (Lipinski definition) is 1. The summed E-state index contributed by atoms with van der Waals surface area (Å²) >= 11 is 1.33. The summed E-state index contributed by atoms with van der Waals surface area (Å²) in [5, 5.41) is 8.16. The topological polar surface area (TPSA) is 92.5 Å². The van der Waals surface area contributed by atoms with Gasteiger partial charge < -0.3 is 9.84 Å². The highest BCUT2D eigenvalue weighted by atomic mass is 32.2. The average molecular weight is 343 g/mol. The summed E-state index contributed by atoms with van der Waals surface area (Å²) in [6, 6.07) is 3.50. The van der Waals surface area contributed by atoms with Crippen LogP contribution in [0, 0.1) is 13.8 Å². The van der Waals surface area contributed by atoms with E-state index >= 15 is 0 Å². The van der Waals surface area contributed by atoms with Crippen molar-refractivity contribution in [3.63, 3.8) is 0 Å². The van der Waals surface area contributed by atoms with E-state index in [1.54, 1.807) is 26.0 Å². The van der Waals surface area contributed by atoms with Crippen LogP contribution >= 0.6 is 11.3 Å². The number of carbonyl (C=O) groups excluding carboxylic acids is 1. The highest BCUT2D eigenvalue weighted by Gasteiger charge is 2.28. The summed E-state index contributed by atoms with van der Waals surface area (Å²) in [7, 11) is -2.22. The Morgan fingerprint density at radius 2 is 2.18 bits per heavy atom. The van der Waals surface area contributed by atoms with Crippen LogP contribution in [-0.4, -0.2) is 43.9 Å². The Morgan fingerprint density at radius 3 is 2.73 bits per heavy atom. The number of aromatic nitrogens is 1. The van der Waals surface area contributed by atoms with Gasteiger partial charge in [-0.2, -0.15) is 4.31 Å². The maximum atomic E-state index is 12.5. The highest BCUT2D eigenvalue weighted by molar-refractivity contribution is 7.89. The molecule has 0 fully saturated rings. The average Bonchev–Trinajstić information content (AvgIpc) is 3.08. The van der Waals surface area contributed by atoms with Crippen molar-refractivity contribution in [3.8, 4) is 0 Å². The van der Waals surface area contributed by atoms with E-state index in [0.29, 0.717) is 10.6 Å². The standard InChI is InChI=1S/C13H17N3O4S2/c1-9-12(10(2)20-15-9)22(18,19)16(3)7-6-14-13(17)11-5-4-8-21-11/h4-5,8H,6-7H2,1-3H3,(H,14,17). The number of likely N-dealkylation sites (N-methyl/N-ethyl adjacent to an activating group) is 1. The summed E-state index contributed by atoms with van der Waals surface area (Å²) in [5.74, 6) is 0.0464. The number of thiophene rings is 1. The number of hydrogen-bond acceptors (Lipinski definition) is 6. The van der Waals surface area contributed by atoms with Gasteiger partial charge in [-0.15, -0.1) is 11.3 Å². The van der Waals surface area contributed by atoms with E-state index in [-0.39, 0.29) is 29.7 Å². The van der Waals surface area contributed by atoms with Gasteiger partial charge >= 0.3 is 0 Å². The molecule has 0 radical (unpaired) electrons. The first-order valence-corrected chi connectivity index (χ1v) is 8.87. The highest BCUT2D eigenvalue weighted by Crippen LogP contribution is 2.21. The van der Waals surface area contributed by atoms with Gasteiger partial charge in [-0.05, 0) is 25.3 Å². The monoisotopic (exact) mass is 343 g/mol. The fourth-order valence-electron chi connectivity index (χ4n) is 1.94. The van der Waals surface area contributed by atoms with Gasteiger partial charge in [-0.25, -0.2) is 8.42 Å². The van der Waals surface area contributed by atoms with Gasteiger partial charge in [0.25, 0.3) is 5.91 Å². The lowest BCUT2D eigenvalue weighted by Gasteiger charge is -2.17. The number of amides is 1. The van der Waals surface area contributed by atoms with E-state index < -0.39 is 10.0 Å². The Morgan fingerprint density at radius 1 is 1.45 bits per heavy atom. The van der Waals surface area contributed by atoms with Crippen molar-refractivity contribution in [2.75, 3.05) is 20.1 Å². The Bertz CT molecular complexity index is 731. The Hall–Kier alpha value is -1.71. The third kappa shape index (κ3) is 3.37. The van der Waals surface area contributed by atoms with Gasteiger partial charge in [0.05, 0.1) is 4.88 Å². The molecule has 0 aliphatic heterocycles. The lowest BCUT2D eigenvalue weighted by molar-refractivity contribution is 0.0956. The molecule has 7 nitrogen and oxygen atoms in total. The molecule has 2 aromatic rings. The largest absolute Gasteiger partial charge is 0.360 e. The zero-order valence-electron chi connectivity index (χ0n) is 12.5. The summed E-state index contributed by atoms with van der Waals surface area (Å²) in [4.78, 5) is 12.5. The first-order valence-electron chi connectivity index (χ1n) is 6.55. The maximum absolute atomic E-state index is 12.5. The van der Waals surface area contributed by atoms with Crippen LogP contribution in [-0.2, 0) is 10.0 Å². The van der Waals surface area contributed by atoms with Gasteiger partial charge in [-0.1, -0.05) is 11.2 Å². The van der Waals surface area contributed by atoms with E-state index in [2.05, 4.69) is 10.5 Å². The zero-order chi connectivity index (χ0) is 16.3. The molecule has 1 N–H and O–H groups in total. The maximum Gasteiger partial charge on any atom is 0.261 e. The van der Waals surface area contributed by atoms with Gasteiger partial charge in [0, 0.05) is 20.1 Å². The molecule has 0 aliphatic carbocycles. The first kappa shape index (κ1) is 16.7. The Balaban J connectivity index is 1.97. The predicted octanol–water partition coefficient (Wildman–Crippen LogP) is 1.40. The summed E-state index contributed by atoms with van der Waals surface area (Å²) in [5.41, 5.74) is 0.326. The second kappa shape index (κ2) is 6.59. The number of sulfonamides is 1. The minimum absolute atomic E-state index is 0.0829. The number of carbonyl (C=O) groups is 1. The molecule has 0 atom stereocenters. The molecule has 2 rings (SSSR count). The number of aryl methyl sites for hydroxylation is 2. The van der Waals surface area contributed by atoms with Crippen molar-refractivity contribution < 1.29 is 17.7 Å². The molecule has 0 aliphatic rings. The molecule has 0 saturated carbocycles. The van der Waals surface area contributed by atoms with Crippen molar-refractivity contribution in [3.05, 3.63) is 33.8 Å². The molecule has 120 valence electrons. The van der Waals surface area contributed by atoms with Crippen molar-refractivity contribution in [1.29, 1.82) is 0 Å². The van der Waals surface area contributed by atoms with Crippen LogP contribution < -0.4 is 5.32 Å².